The summed E-state index contributed by atoms with van der Waals surface area (Å²) < 4.78 is 5.80. The molecule has 1 aromatic carbocycles. The van der Waals surface area contributed by atoms with Crippen molar-refractivity contribution in [2.45, 2.75) is 12.5 Å². The molecule has 1 saturated heterocycles. The highest BCUT2D eigenvalue weighted by Crippen LogP contribution is 2.33. The van der Waals surface area contributed by atoms with Crippen molar-refractivity contribution < 1.29 is 19.4 Å². The van der Waals surface area contributed by atoms with Crippen LogP contribution in [0.1, 0.15) is 38.9 Å². The first kappa shape index (κ1) is 16.1. The molecule has 3 rings (SSSR count). The second-order valence-corrected chi connectivity index (χ2v) is 5.70. The number of ether oxygens (including phenoxy) is 1. The third-order valence-electron chi connectivity index (χ3n) is 4.11. The van der Waals surface area contributed by atoms with E-state index in [0.29, 0.717) is 13.2 Å². The number of pyridine rings is 1. The molecule has 1 aliphatic rings. The highest BCUT2D eigenvalue weighted by atomic mass is 16.5. The molecule has 124 valence electrons. The zero-order valence-electron chi connectivity index (χ0n) is 13.0. The largest absolute Gasteiger partial charge is 0.478 e. The van der Waals surface area contributed by atoms with Crippen LogP contribution in [-0.2, 0) is 4.74 Å². The molecule has 0 radical (unpaired) electrons. The lowest BCUT2D eigenvalue weighted by atomic mass is 9.95. The maximum Gasteiger partial charge on any atom is 0.335 e. The van der Waals surface area contributed by atoms with Gasteiger partial charge >= 0.3 is 5.97 Å². The van der Waals surface area contributed by atoms with Crippen molar-refractivity contribution in [3.8, 4) is 0 Å². The van der Waals surface area contributed by atoms with Crippen molar-refractivity contribution in [1.82, 2.24) is 10.3 Å². The number of carbonyl (C=O) groups is 2. The smallest absolute Gasteiger partial charge is 0.335 e. The number of aromatic carboxylic acids is 1. The van der Waals surface area contributed by atoms with E-state index >= 15 is 0 Å². The normalized spacial score (nSPS) is 19.8. The maximum absolute atomic E-state index is 12.2. The van der Waals surface area contributed by atoms with E-state index in [1.54, 1.807) is 0 Å². The molecule has 2 heterocycles. The topological polar surface area (TPSA) is 88.5 Å². The second-order valence-electron chi connectivity index (χ2n) is 5.70. The standard InChI is InChI=1S/C18H18N2O4/c21-17(15-10-13(18(22)23)6-8-19-15)20-11-14-7-9-24-16(14)12-4-2-1-3-5-12/h1-6,8,10,14,16H,7,9,11H2,(H,20,21)(H,22,23)/t14-,16-/m1/s1. The van der Waals surface area contributed by atoms with Crippen molar-refractivity contribution >= 4 is 11.9 Å². The van der Waals surface area contributed by atoms with Crippen molar-refractivity contribution in [2.24, 2.45) is 5.92 Å². The minimum Gasteiger partial charge on any atom is -0.478 e. The van der Waals surface area contributed by atoms with Crippen LogP contribution in [0.15, 0.2) is 48.7 Å². The monoisotopic (exact) mass is 326 g/mol. The SMILES string of the molecule is O=C(O)c1ccnc(C(=O)NC[C@H]2CCO[C@@H]2c2ccccc2)c1. The van der Waals surface area contributed by atoms with Gasteiger partial charge in [0.15, 0.2) is 0 Å². The molecule has 24 heavy (non-hydrogen) atoms. The number of carboxylic acid groups (broad SMARTS) is 1. The minimum atomic E-state index is -1.08. The average molecular weight is 326 g/mol. The fourth-order valence-corrected chi connectivity index (χ4v) is 2.86. The van der Waals surface area contributed by atoms with Crippen LogP contribution in [0.5, 0.6) is 0 Å². The van der Waals surface area contributed by atoms with E-state index in [1.165, 1.54) is 18.3 Å². The summed E-state index contributed by atoms with van der Waals surface area (Å²) in [5.41, 5.74) is 1.24. The molecular weight excluding hydrogens is 308 g/mol. The van der Waals surface area contributed by atoms with Gasteiger partial charge in [0.25, 0.3) is 5.91 Å². The summed E-state index contributed by atoms with van der Waals surface area (Å²) in [6, 6.07) is 12.6. The maximum atomic E-state index is 12.2. The van der Waals surface area contributed by atoms with E-state index in [2.05, 4.69) is 10.3 Å². The summed E-state index contributed by atoms with van der Waals surface area (Å²) in [7, 11) is 0. The molecule has 0 spiro atoms. The van der Waals surface area contributed by atoms with Crippen molar-refractivity contribution in [3.63, 3.8) is 0 Å². The van der Waals surface area contributed by atoms with Crippen LogP contribution >= 0.6 is 0 Å². The van der Waals surface area contributed by atoms with Gasteiger partial charge in [0.05, 0.1) is 11.7 Å². The third-order valence-corrected chi connectivity index (χ3v) is 4.11. The molecule has 2 N–H and O–H groups in total. The lowest BCUT2D eigenvalue weighted by molar-refractivity contribution is 0.0696. The van der Waals surface area contributed by atoms with Crippen molar-refractivity contribution in [3.05, 3.63) is 65.5 Å². The molecule has 1 aliphatic heterocycles. The summed E-state index contributed by atoms with van der Waals surface area (Å²) in [4.78, 5) is 27.1. The number of carbonyl (C=O) groups excluding carboxylic acids is 1. The number of hydrogen-bond donors (Lipinski definition) is 2. The van der Waals surface area contributed by atoms with Crippen LogP contribution < -0.4 is 5.32 Å². The Hall–Kier alpha value is -2.73. The lowest BCUT2D eigenvalue weighted by Crippen LogP contribution is -2.31. The predicted octanol–water partition coefficient (Wildman–Crippen LogP) is 2.29. The predicted molar refractivity (Wildman–Crippen MR) is 86.8 cm³/mol. The van der Waals surface area contributed by atoms with Gasteiger partial charge in [-0.05, 0) is 24.1 Å². The summed E-state index contributed by atoms with van der Waals surface area (Å²) in [6.45, 7) is 1.12. The molecule has 2 aromatic rings. The van der Waals surface area contributed by atoms with E-state index < -0.39 is 5.97 Å². The molecule has 6 heteroatoms. The Labute approximate surface area is 139 Å². The number of aromatic nitrogens is 1. The van der Waals surface area contributed by atoms with E-state index in [4.69, 9.17) is 9.84 Å². The molecule has 1 aromatic heterocycles. The van der Waals surface area contributed by atoms with Gasteiger partial charge in [-0.2, -0.15) is 0 Å². The van der Waals surface area contributed by atoms with Gasteiger partial charge in [-0.1, -0.05) is 30.3 Å². The molecular formula is C18H18N2O4. The summed E-state index contributed by atoms with van der Waals surface area (Å²) in [5, 5.41) is 11.8. The first-order valence-electron chi connectivity index (χ1n) is 7.79. The number of nitrogens with zero attached hydrogens (tertiary/aromatic N) is 1. The Balaban J connectivity index is 1.63. The fourth-order valence-electron chi connectivity index (χ4n) is 2.86. The van der Waals surface area contributed by atoms with Crippen LogP contribution in [0.4, 0.5) is 0 Å². The molecule has 0 unspecified atom stereocenters. The number of carboxylic acids is 1. The van der Waals surface area contributed by atoms with Crippen LogP contribution in [-0.4, -0.2) is 35.1 Å². The molecule has 0 bridgehead atoms. The molecule has 0 saturated carbocycles. The van der Waals surface area contributed by atoms with E-state index in [9.17, 15) is 9.59 Å². The molecule has 2 atom stereocenters. The van der Waals surface area contributed by atoms with Gasteiger partial charge in [-0.15, -0.1) is 0 Å². The quantitative estimate of drug-likeness (QED) is 0.880. The molecule has 1 fully saturated rings. The average Bonchev–Trinajstić information content (AvgIpc) is 3.09. The van der Waals surface area contributed by atoms with Crippen molar-refractivity contribution in [1.29, 1.82) is 0 Å². The summed E-state index contributed by atoms with van der Waals surface area (Å²) >= 11 is 0. The Morgan fingerprint density at radius 1 is 1.25 bits per heavy atom. The molecule has 6 nitrogen and oxygen atoms in total. The van der Waals surface area contributed by atoms with Crippen LogP contribution in [0.3, 0.4) is 0 Å². The zero-order chi connectivity index (χ0) is 16.9. The number of nitrogens with one attached hydrogen (secondary N) is 1. The number of hydrogen-bond acceptors (Lipinski definition) is 4. The Morgan fingerprint density at radius 3 is 2.79 bits per heavy atom. The van der Waals surface area contributed by atoms with Crippen LogP contribution in [0.25, 0.3) is 0 Å². The first-order chi connectivity index (χ1) is 11.6. The highest BCUT2D eigenvalue weighted by molar-refractivity contribution is 5.95. The fraction of sp³-hybridized carbons (Fsp3) is 0.278. The van der Waals surface area contributed by atoms with Gasteiger partial charge < -0.3 is 15.2 Å². The molecule has 0 aliphatic carbocycles. The highest BCUT2D eigenvalue weighted by Gasteiger charge is 2.29. The van der Waals surface area contributed by atoms with Gasteiger partial charge in [0.1, 0.15) is 5.69 Å². The van der Waals surface area contributed by atoms with E-state index in [-0.39, 0.29) is 29.2 Å². The Kier molecular flexibility index (Phi) is 4.86. The van der Waals surface area contributed by atoms with Crippen molar-refractivity contribution in [2.75, 3.05) is 13.2 Å². The lowest BCUT2D eigenvalue weighted by Gasteiger charge is -2.19. The van der Waals surface area contributed by atoms with Gasteiger partial charge in [-0.25, -0.2) is 4.79 Å². The third kappa shape index (κ3) is 3.60. The Morgan fingerprint density at radius 2 is 2.04 bits per heavy atom. The summed E-state index contributed by atoms with van der Waals surface area (Å²) in [5.74, 6) is -1.28. The van der Waals surface area contributed by atoms with E-state index in [0.717, 1.165) is 12.0 Å². The molecule has 1 amide bonds. The van der Waals surface area contributed by atoms with Crippen LogP contribution in [0, 0.1) is 5.92 Å². The Bertz CT molecular complexity index is 733. The minimum absolute atomic E-state index is 0.0372. The van der Waals surface area contributed by atoms with E-state index in [1.807, 2.05) is 30.3 Å². The zero-order valence-corrected chi connectivity index (χ0v) is 13.0. The summed E-state index contributed by atoms with van der Waals surface area (Å²) in [6.07, 6.45) is 2.15. The number of amides is 1. The van der Waals surface area contributed by atoms with Gasteiger partial charge in [-0.3, -0.25) is 9.78 Å². The number of rotatable bonds is 5. The number of benzene rings is 1. The van der Waals surface area contributed by atoms with Gasteiger partial charge in [0, 0.05) is 25.3 Å². The first-order valence-corrected chi connectivity index (χ1v) is 7.79. The van der Waals surface area contributed by atoms with Gasteiger partial charge in [0.2, 0.25) is 0 Å². The van der Waals surface area contributed by atoms with Crippen LogP contribution in [0.2, 0.25) is 0 Å². The second kappa shape index (κ2) is 7.23.